The van der Waals surface area contributed by atoms with E-state index >= 15 is 0 Å². The van der Waals surface area contributed by atoms with Crippen molar-refractivity contribution in [2.24, 2.45) is 12.5 Å². The number of carboxylic acids is 1. The molecule has 0 aromatic carbocycles. The Hall–Kier alpha value is -1.52. The van der Waals surface area contributed by atoms with E-state index in [1.165, 1.54) is 0 Å². The second kappa shape index (κ2) is 3.69. The second-order valence-corrected chi connectivity index (χ2v) is 3.92. The Morgan fingerprint density at radius 1 is 1.71 bits per heavy atom. The average Bonchev–Trinajstić information content (AvgIpc) is 2.48. The number of aromatic nitrogens is 2. The van der Waals surface area contributed by atoms with Gasteiger partial charge in [0.15, 0.2) is 0 Å². The molecule has 0 aliphatic carbocycles. The lowest BCUT2D eigenvalue weighted by atomic mass is 9.94. The standard InChI is InChI=1S/C9H15N3O2/c1-9(2,8(13)14)6-10-7-4-5-12(3)11-7/h4-5H,6H2,1-3H3,(H,10,11)(H,13,14). The molecular weight excluding hydrogens is 182 g/mol. The molecule has 2 N–H and O–H groups in total. The molecule has 78 valence electrons. The molecular formula is C9H15N3O2. The van der Waals surface area contributed by atoms with Crippen LogP contribution in [0.1, 0.15) is 13.8 Å². The fourth-order valence-corrected chi connectivity index (χ4v) is 0.896. The highest BCUT2D eigenvalue weighted by Gasteiger charge is 2.26. The number of hydrogen-bond acceptors (Lipinski definition) is 3. The molecule has 0 saturated carbocycles. The van der Waals surface area contributed by atoms with Crippen LogP contribution in [0.3, 0.4) is 0 Å². The summed E-state index contributed by atoms with van der Waals surface area (Å²) >= 11 is 0. The number of rotatable bonds is 4. The molecule has 0 atom stereocenters. The molecule has 0 fully saturated rings. The van der Waals surface area contributed by atoms with Crippen molar-refractivity contribution in [2.45, 2.75) is 13.8 Å². The van der Waals surface area contributed by atoms with Crippen molar-refractivity contribution in [3.8, 4) is 0 Å². The van der Waals surface area contributed by atoms with Crippen molar-refractivity contribution in [1.29, 1.82) is 0 Å². The van der Waals surface area contributed by atoms with E-state index in [4.69, 9.17) is 5.11 Å². The molecule has 1 rings (SSSR count). The van der Waals surface area contributed by atoms with Crippen molar-refractivity contribution >= 4 is 11.8 Å². The van der Waals surface area contributed by atoms with Gasteiger partial charge in [-0.05, 0) is 13.8 Å². The van der Waals surface area contributed by atoms with Gasteiger partial charge in [-0.15, -0.1) is 0 Å². The van der Waals surface area contributed by atoms with E-state index in [0.717, 1.165) is 0 Å². The molecule has 0 saturated heterocycles. The molecule has 0 amide bonds. The number of nitrogens with one attached hydrogen (secondary N) is 1. The first-order valence-corrected chi connectivity index (χ1v) is 4.39. The molecule has 14 heavy (non-hydrogen) atoms. The predicted molar refractivity (Wildman–Crippen MR) is 53.1 cm³/mol. The molecule has 1 heterocycles. The minimum atomic E-state index is -0.819. The molecule has 0 radical (unpaired) electrons. The van der Waals surface area contributed by atoms with Gasteiger partial charge in [-0.1, -0.05) is 0 Å². The fourth-order valence-electron chi connectivity index (χ4n) is 0.896. The third kappa shape index (κ3) is 2.48. The number of nitrogens with zero attached hydrogens (tertiary/aromatic N) is 2. The monoisotopic (exact) mass is 197 g/mol. The van der Waals surface area contributed by atoms with Crippen molar-refractivity contribution in [3.63, 3.8) is 0 Å². The summed E-state index contributed by atoms with van der Waals surface area (Å²) in [7, 11) is 1.81. The molecule has 5 nitrogen and oxygen atoms in total. The van der Waals surface area contributed by atoms with Crippen LogP contribution in [0.5, 0.6) is 0 Å². The predicted octanol–water partition coefficient (Wildman–Crippen LogP) is 0.943. The maximum absolute atomic E-state index is 10.8. The highest BCUT2D eigenvalue weighted by Crippen LogP contribution is 2.15. The number of aliphatic carboxylic acids is 1. The van der Waals surface area contributed by atoms with Gasteiger partial charge >= 0.3 is 5.97 Å². The van der Waals surface area contributed by atoms with E-state index in [0.29, 0.717) is 12.4 Å². The van der Waals surface area contributed by atoms with E-state index in [-0.39, 0.29) is 0 Å². The molecule has 1 aromatic heterocycles. The van der Waals surface area contributed by atoms with Crippen LogP contribution in [-0.2, 0) is 11.8 Å². The maximum atomic E-state index is 10.8. The minimum Gasteiger partial charge on any atom is -0.481 e. The van der Waals surface area contributed by atoms with Crippen molar-refractivity contribution in [2.75, 3.05) is 11.9 Å². The van der Waals surface area contributed by atoms with Gasteiger partial charge in [-0.3, -0.25) is 9.48 Å². The first-order chi connectivity index (χ1) is 6.42. The topological polar surface area (TPSA) is 67.2 Å². The Balaban J connectivity index is 2.52. The highest BCUT2D eigenvalue weighted by molar-refractivity contribution is 5.74. The summed E-state index contributed by atoms with van der Waals surface area (Å²) in [6.45, 7) is 3.70. The van der Waals surface area contributed by atoms with E-state index in [2.05, 4.69) is 10.4 Å². The van der Waals surface area contributed by atoms with Gasteiger partial charge in [0, 0.05) is 25.9 Å². The van der Waals surface area contributed by atoms with Gasteiger partial charge in [0.25, 0.3) is 0 Å². The quantitative estimate of drug-likeness (QED) is 0.754. The second-order valence-electron chi connectivity index (χ2n) is 3.92. The maximum Gasteiger partial charge on any atom is 0.310 e. The molecule has 0 unspecified atom stereocenters. The van der Waals surface area contributed by atoms with Crippen molar-refractivity contribution in [1.82, 2.24) is 9.78 Å². The van der Waals surface area contributed by atoms with Crippen LogP contribution in [0, 0.1) is 5.41 Å². The van der Waals surface area contributed by atoms with E-state index in [1.54, 1.807) is 30.8 Å². The zero-order chi connectivity index (χ0) is 10.8. The smallest absolute Gasteiger partial charge is 0.310 e. The molecule has 0 spiro atoms. The first kappa shape index (κ1) is 10.6. The Labute approximate surface area is 82.7 Å². The molecule has 0 aliphatic heterocycles. The van der Waals surface area contributed by atoms with Crippen LogP contribution >= 0.6 is 0 Å². The molecule has 0 aliphatic rings. The summed E-state index contributed by atoms with van der Waals surface area (Å²) in [5, 5.41) is 15.9. The van der Waals surface area contributed by atoms with E-state index < -0.39 is 11.4 Å². The number of anilines is 1. The molecule has 0 bridgehead atoms. The number of aryl methyl sites for hydroxylation is 1. The first-order valence-electron chi connectivity index (χ1n) is 4.39. The number of carbonyl (C=O) groups is 1. The lowest BCUT2D eigenvalue weighted by molar-refractivity contribution is -0.146. The van der Waals surface area contributed by atoms with Crippen LogP contribution < -0.4 is 5.32 Å². The Morgan fingerprint density at radius 2 is 2.36 bits per heavy atom. The zero-order valence-electron chi connectivity index (χ0n) is 8.61. The average molecular weight is 197 g/mol. The van der Waals surface area contributed by atoms with Crippen LogP contribution in [0.4, 0.5) is 5.82 Å². The third-order valence-corrected chi connectivity index (χ3v) is 2.00. The Kier molecular flexibility index (Phi) is 2.78. The number of carboxylic acid groups (broad SMARTS) is 1. The van der Waals surface area contributed by atoms with Crippen LogP contribution in [0.2, 0.25) is 0 Å². The lowest BCUT2D eigenvalue weighted by Gasteiger charge is -2.18. The third-order valence-electron chi connectivity index (χ3n) is 2.00. The van der Waals surface area contributed by atoms with Gasteiger partial charge in [-0.2, -0.15) is 5.10 Å². The largest absolute Gasteiger partial charge is 0.481 e. The summed E-state index contributed by atoms with van der Waals surface area (Å²) < 4.78 is 1.66. The van der Waals surface area contributed by atoms with Gasteiger partial charge in [0.1, 0.15) is 5.82 Å². The number of hydrogen-bond donors (Lipinski definition) is 2. The van der Waals surface area contributed by atoms with Crippen LogP contribution in [0.15, 0.2) is 12.3 Å². The molecule has 1 aromatic rings. The van der Waals surface area contributed by atoms with Crippen molar-refractivity contribution in [3.05, 3.63) is 12.3 Å². The zero-order valence-corrected chi connectivity index (χ0v) is 8.61. The fraction of sp³-hybridized carbons (Fsp3) is 0.556. The van der Waals surface area contributed by atoms with Crippen LogP contribution in [-0.4, -0.2) is 27.4 Å². The van der Waals surface area contributed by atoms with Gasteiger partial charge in [0.2, 0.25) is 0 Å². The summed E-state index contributed by atoms with van der Waals surface area (Å²) in [6.07, 6.45) is 1.80. The SMILES string of the molecule is Cn1ccc(NCC(C)(C)C(=O)O)n1. The summed E-state index contributed by atoms with van der Waals surface area (Å²) in [5.74, 6) is -0.122. The highest BCUT2D eigenvalue weighted by atomic mass is 16.4. The Morgan fingerprint density at radius 3 is 2.79 bits per heavy atom. The van der Waals surface area contributed by atoms with Gasteiger partial charge < -0.3 is 10.4 Å². The Bertz CT molecular complexity index is 331. The van der Waals surface area contributed by atoms with Gasteiger partial charge in [-0.25, -0.2) is 0 Å². The minimum absolute atomic E-state index is 0.360. The van der Waals surface area contributed by atoms with Crippen molar-refractivity contribution < 1.29 is 9.90 Å². The summed E-state index contributed by atoms with van der Waals surface area (Å²) in [4.78, 5) is 10.8. The van der Waals surface area contributed by atoms with Crippen LogP contribution in [0.25, 0.3) is 0 Å². The molecule has 5 heteroatoms. The van der Waals surface area contributed by atoms with E-state index in [9.17, 15) is 4.79 Å². The normalized spacial score (nSPS) is 11.4. The van der Waals surface area contributed by atoms with Gasteiger partial charge in [0.05, 0.1) is 5.41 Å². The summed E-state index contributed by atoms with van der Waals surface area (Å²) in [5.41, 5.74) is -0.780. The lowest BCUT2D eigenvalue weighted by Crippen LogP contribution is -2.31. The van der Waals surface area contributed by atoms with E-state index in [1.807, 2.05) is 7.05 Å². The summed E-state index contributed by atoms with van der Waals surface area (Å²) in [6, 6.07) is 1.80.